The summed E-state index contributed by atoms with van der Waals surface area (Å²) in [4.78, 5) is 0. The minimum absolute atomic E-state index is 0.933. The van der Waals surface area contributed by atoms with Crippen LogP contribution in [0.3, 0.4) is 0 Å². The number of nitrogens with one attached hydrogen (secondary N) is 1. The van der Waals surface area contributed by atoms with Crippen LogP contribution in [-0.4, -0.2) is 13.1 Å². The van der Waals surface area contributed by atoms with Crippen LogP contribution in [-0.2, 0) is 6.42 Å². The molecule has 0 bridgehead atoms. The molecule has 0 aliphatic heterocycles. The monoisotopic (exact) mass is 259 g/mol. The molecule has 1 aliphatic carbocycles. The maximum atomic E-state index is 3.67. The van der Waals surface area contributed by atoms with Gasteiger partial charge in [-0.2, -0.15) is 0 Å². The molecule has 0 radical (unpaired) electrons. The highest BCUT2D eigenvalue weighted by atomic mass is 14.9. The zero-order valence-corrected chi connectivity index (χ0v) is 12.4. The van der Waals surface area contributed by atoms with Crippen molar-refractivity contribution in [3.05, 3.63) is 35.9 Å². The lowest BCUT2D eigenvalue weighted by Crippen LogP contribution is -2.29. The van der Waals surface area contributed by atoms with E-state index in [4.69, 9.17) is 0 Å². The van der Waals surface area contributed by atoms with E-state index < -0.39 is 0 Å². The molecule has 0 aromatic heterocycles. The van der Waals surface area contributed by atoms with Gasteiger partial charge < -0.3 is 5.32 Å². The van der Waals surface area contributed by atoms with Crippen LogP contribution in [0.4, 0.5) is 0 Å². The smallest absolute Gasteiger partial charge is 0.00180 e. The summed E-state index contributed by atoms with van der Waals surface area (Å²) in [5.74, 6) is 1.87. The molecule has 0 amide bonds. The first-order valence-electron chi connectivity index (χ1n) is 8.11. The minimum atomic E-state index is 0.933. The molecule has 2 unspecified atom stereocenters. The molecule has 1 aromatic carbocycles. The van der Waals surface area contributed by atoms with Gasteiger partial charge in [-0.15, -0.1) is 0 Å². The highest BCUT2D eigenvalue weighted by Crippen LogP contribution is 2.28. The van der Waals surface area contributed by atoms with Crippen LogP contribution >= 0.6 is 0 Å². The molecular formula is C18H29N. The Balaban J connectivity index is 1.50. The van der Waals surface area contributed by atoms with Gasteiger partial charge in [-0.05, 0) is 56.2 Å². The number of rotatable bonds is 7. The predicted molar refractivity (Wildman–Crippen MR) is 83.4 cm³/mol. The topological polar surface area (TPSA) is 12.0 Å². The number of hydrogen-bond acceptors (Lipinski definition) is 1. The van der Waals surface area contributed by atoms with Gasteiger partial charge in [0, 0.05) is 0 Å². The van der Waals surface area contributed by atoms with Crippen LogP contribution in [0.1, 0.15) is 51.0 Å². The molecule has 1 saturated carbocycles. The van der Waals surface area contributed by atoms with Gasteiger partial charge in [-0.3, -0.25) is 0 Å². The molecule has 1 aliphatic rings. The average Bonchev–Trinajstić information content (AvgIpc) is 2.45. The van der Waals surface area contributed by atoms with E-state index >= 15 is 0 Å². The molecule has 2 atom stereocenters. The van der Waals surface area contributed by atoms with Gasteiger partial charge in [0.1, 0.15) is 0 Å². The summed E-state index contributed by atoms with van der Waals surface area (Å²) < 4.78 is 0. The summed E-state index contributed by atoms with van der Waals surface area (Å²) in [6.07, 6.45) is 9.62. The van der Waals surface area contributed by atoms with E-state index in [-0.39, 0.29) is 0 Å². The van der Waals surface area contributed by atoms with Crippen molar-refractivity contribution in [1.29, 1.82) is 0 Å². The second-order valence-corrected chi connectivity index (χ2v) is 6.17. The fourth-order valence-electron chi connectivity index (χ4n) is 3.21. The molecule has 1 heteroatoms. The fourth-order valence-corrected chi connectivity index (χ4v) is 3.21. The maximum absolute atomic E-state index is 3.67. The zero-order valence-electron chi connectivity index (χ0n) is 12.4. The van der Waals surface area contributed by atoms with Crippen molar-refractivity contribution in [3.63, 3.8) is 0 Å². The van der Waals surface area contributed by atoms with Crippen molar-refractivity contribution >= 4 is 0 Å². The molecule has 2 rings (SSSR count). The Labute approximate surface area is 118 Å². The number of hydrogen-bond donors (Lipinski definition) is 1. The summed E-state index contributed by atoms with van der Waals surface area (Å²) in [5.41, 5.74) is 1.48. The van der Waals surface area contributed by atoms with Crippen LogP contribution in [0.25, 0.3) is 0 Å². The molecular weight excluding hydrogens is 230 g/mol. The van der Waals surface area contributed by atoms with E-state index in [1.165, 1.54) is 63.6 Å². The first-order chi connectivity index (χ1) is 9.36. The standard InChI is InChI=1S/C18H29N/c1-16-9-5-6-13-18(16)15-19-14-8-7-12-17-10-3-2-4-11-17/h2-4,10-11,16,18-19H,5-9,12-15H2,1H3. The molecule has 0 spiro atoms. The highest BCUT2D eigenvalue weighted by Gasteiger charge is 2.20. The van der Waals surface area contributed by atoms with E-state index in [1.54, 1.807) is 0 Å². The SMILES string of the molecule is CC1CCCCC1CNCCCCc1ccccc1. The second-order valence-electron chi connectivity index (χ2n) is 6.17. The Morgan fingerprint density at radius 3 is 2.63 bits per heavy atom. The zero-order chi connectivity index (χ0) is 13.3. The number of benzene rings is 1. The van der Waals surface area contributed by atoms with Crippen molar-refractivity contribution in [2.24, 2.45) is 11.8 Å². The number of unbranched alkanes of at least 4 members (excludes halogenated alkanes) is 1. The maximum Gasteiger partial charge on any atom is -0.00180 e. The van der Waals surface area contributed by atoms with E-state index in [2.05, 4.69) is 42.6 Å². The van der Waals surface area contributed by atoms with Crippen molar-refractivity contribution in [2.75, 3.05) is 13.1 Å². The van der Waals surface area contributed by atoms with Gasteiger partial charge in [0.05, 0.1) is 0 Å². The molecule has 19 heavy (non-hydrogen) atoms. The van der Waals surface area contributed by atoms with Crippen molar-refractivity contribution < 1.29 is 0 Å². The summed E-state index contributed by atoms with van der Waals surface area (Å²) in [6.45, 7) is 4.86. The van der Waals surface area contributed by atoms with Crippen molar-refractivity contribution in [2.45, 2.75) is 51.9 Å². The predicted octanol–water partition coefficient (Wildman–Crippen LogP) is 4.43. The van der Waals surface area contributed by atoms with E-state index in [1.807, 2.05) is 0 Å². The third-order valence-corrected chi connectivity index (χ3v) is 4.61. The van der Waals surface area contributed by atoms with Gasteiger partial charge in [-0.1, -0.05) is 56.5 Å². The molecule has 1 fully saturated rings. The third kappa shape index (κ3) is 5.36. The summed E-state index contributed by atoms with van der Waals surface area (Å²) in [7, 11) is 0. The lowest BCUT2D eigenvalue weighted by Gasteiger charge is -2.28. The molecule has 0 heterocycles. The molecule has 106 valence electrons. The van der Waals surface area contributed by atoms with Crippen LogP contribution in [0.2, 0.25) is 0 Å². The Kier molecular flexibility index (Phi) is 6.43. The van der Waals surface area contributed by atoms with Crippen LogP contribution in [0, 0.1) is 11.8 Å². The fraction of sp³-hybridized carbons (Fsp3) is 0.667. The molecule has 1 N–H and O–H groups in total. The van der Waals surface area contributed by atoms with E-state index in [9.17, 15) is 0 Å². The van der Waals surface area contributed by atoms with Gasteiger partial charge in [0.15, 0.2) is 0 Å². The van der Waals surface area contributed by atoms with Gasteiger partial charge >= 0.3 is 0 Å². The normalized spacial score (nSPS) is 23.4. The number of aryl methyl sites for hydroxylation is 1. The second kappa shape index (κ2) is 8.37. The minimum Gasteiger partial charge on any atom is -0.316 e. The summed E-state index contributed by atoms with van der Waals surface area (Å²) in [5, 5.41) is 3.67. The first kappa shape index (κ1) is 14.6. The Morgan fingerprint density at radius 2 is 1.84 bits per heavy atom. The summed E-state index contributed by atoms with van der Waals surface area (Å²) in [6, 6.07) is 10.8. The Morgan fingerprint density at radius 1 is 1.05 bits per heavy atom. The lowest BCUT2D eigenvalue weighted by molar-refractivity contribution is 0.248. The van der Waals surface area contributed by atoms with Gasteiger partial charge in [0.25, 0.3) is 0 Å². The first-order valence-corrected chi connectivity index (χ1v) is 8.11. The van der Waals surface area contributed by atoms with Gasteiger partial charge in [-0.25, -0.2) is 0 Å². The van der Waals surface area contributed by atoms with Gasteiger partial charge in [0.2, 0.25) is 0 Å². The van der Waals surface area contributed by atoms with Crippen LogP contribution < -0.4 is 5.32 Å². The molecule has 0 saturated heterocycles. The van der Waals surface area contributed by atoms with Crippen LogP contribution in [0.15, 0.2) is 30.3 Å². The Bertz CT molecular complexity index is 333. The van der Waals surface area contributed by atoms with E-state index in [0.717, 1.165) is 11.8 Å². The van der Waals surface area contributed by atoms with Crippen LogP contribution in [0.5, 0.6) is 0 Å². The summed E-state index contributed by atoms with van der Waals surface area (Å²) >= 11 is 0. The third-order valence-electron chi connectivity index (χ3n) is 4.61. The lowest BCUT2D eigenvalue weighted by atomic mass is 9.80. The largest absolute Gasteiger partial charge is 0.316 e. The Hall–Kier alpha value is -0.820. The molecule has 1 aromatic rings. The molecule has 1 nitrogen and oxygen atoms in total. The van der Waals surface area contributed by atoms with Crippen molar-refractivity contribution in [1.82, 2.24) is 5.32 Å². The quantitative estimate of drug-likeness (QED) is 0.715. The van der Waals surface area contributed by atoms with Crippen molar-refractivity contribution in [3.8, 4) is 0 Å². The highest BCUT2D eigenvalue weighted by molar-refractivity contribution is 5.14. The van der Waals surface area contributed by atoms with E-state index in [0.29, 0.717) is 0 Å². The average molecular weight is 259 g/mol.